The van der Waals surface area contributed by atoms with E-state index in [-0.39, 0.29) is 19.0 Å². The summed E-state index contributed by atoms with van der Waals surface area (Å²) in [4.78, 5) is 11.1. The maximum Gasteiger partial charge on any atom is 0.342 e. The van der Waals surface area contributed by atoms with Crippen LogP contribution in [0.5, 0.6) is 0 Å². The molecular formula is C10H16ClFN2O2. The zero-order chi connectivity index (χ0) is 11.4. The quantitative estimate of drug-likeness (QED) is 0.821. The van der Waals surface area contributed by atoms with Crippen molar-refractivity contribution in [3.63, 3.8) is 0 Å². The number of ether oxygens (including phenoxy) is 1. The van der Waals surface area contributed by atoms with E-state index in [1.54, 1.807) is 36.9 Å². The monoisotopic (exact) mass is 250 g/mol. The van der Waals surface area contributed by atoms with E-state index in [2.05, 4.69) is 4.74 Å². The van der Waals surface area contributed by atoms with Crippen molar-refractivity contribution in [1.82, 2.24) is 4.57 Å². The predicted molar refractivity (Wildman–Crippen MR) is 61.1 cm³/mol. The molecule has 1 unspecified atom stereocenters. The number of hydrogen-bond acceptors (Lipinski definition) is 3. The number of aromatic nitrogens is 1. The minimum Gasteiger partial charge on any atom is -0.464 e. The van der Waals surface area contributed by atoms with Crippen LogP contribution in [0.2, 0.25) is 0 Å². The molecule has 0 aliphatic carbocycles. The number of carbonyl (C=O) groups is 1. The fourth-order valence-electron chi connectivity index (χ4n) is 1.34. The summed E-state index contributed by atoms with van der Waals surface area (Å²) in [5.74, 6) is -0.911. The van der Waals surface area contributed by atoms with Crippen LogP contribution in [0, 0.1) is 0 Å². The third-order valence-electron chi connectivity index (χ3n) is 2.15. The van der Waals surface area contributed by atoms with Crippen LogP contribution in [0.25, 0.3) is 0 Å². The SMILES string of the molecule is CCOC(=O)C(F)[C@H](N)c1cccn1C.Cl. The number of halogens is 2. The number of alkyl halides is 1. The molecule has 1 heterocycles. The van der Waals surface area contributed by atoms with Gasteiger partial charge in [0.15, 0.2) is 0 Å². The second-order valence-corrected chi connectivity index (χ2v) is 3.22. The van der Waals surface area contributed by atoms with Crippen molar-refractivity contribution in [3.8, 4) is 0 Å². The van der Waals surface area contributed by atoms with Gasteiger partial charge in [-0.15, -0.1) is 12.4 Å². The van der Waals surface area contributed by atoms with Gasteiger partial charge in [-0.1, -0.05) is 0 Å². The van der Waals surface area contributed by atoms with Gasteiger partial charge in [-0.25, -0.2) is 9.18 Å². The number of hydrogen-bond donors (Lipinski definition) is 1. The Morgan fingerprint density at radius 1 is 1.69 bits per heavy atom. The first kappa shape index (κ1) is 14.9. The van der Waals surface area contributed by atoms with Crippen molar-refractivity contribution < 1.29 is 13.9 Å². The lowest BCUT2D eigenvalue weighted by molar-refractivity contribution is -0.150. The van der Waals surface area contributed by atoms with Crippen LogP contribution in [0.3, 0.4) is 0 Å². The molecular weight excluding hydrogens is 235 g/mol. The molecule has 92 valence electrons. The van der Waals surface area contributed by atoms with E-state index < -0.39 is 18.2 Å². The van der Waals surface area contributed by atoms with E-state index >= 15 is 0 Å². The molecule has 0 saturated carbocycles. The minimum atomic E-state index is -1.82. The number of nitrogens with zero attached hydrogens (tertiary/aromatic N) is 1. The first-order valence-corrected chi connectivity index (χ1v) is 4.75. The molecule has 0 radical (unpaired) electrons. The largest absolute Gasteiger partial charge is 0.464 e. The number of nitrogens with two attached hydrogens (primary N) is 1. The van der Waals surface area contributed by atoms with Crippen LogP contribution in [0.4, 0.5) is 4.39 Å². The molecule has 0 bridgehead atoms. The van der Waals surface area contributed by atoms with Crippen molar-refractivity contribution >= 4 is 18.4 Å². The normalized spacial score (nSPS) is 13.8. The lowest BCUT2D eigenvalue weighted by Gasteiger charge is -2.16. The molecule has 6 heteroatoms. The van der Waals surface area contributed by atoms with Crippen LogP contribution in [-0.4, -0.2) is 23.3 Å². The summed E-state index contributed by atoms with van der Waals surface area (Å²) in [6.45, 7) is 1.78. The molecule has 0 fully saturated rings. The smallest absolute Gasteiger partial charge is 0.342 e. The second-order valence-electron chi connectivity index (χ2n) is 3.22. The lowest BCUT2D eigenvalue weighted by Crippen LogP contribution is -2.32. The molecule has 0 amide bonds. The van der Waals surface area contributed by atoms with E-state index in [0.29, 0.717) is 5.69 Å². The van der Waals surface area contributed by atoms with Gasteiger partial charge in [-0.05, 0) is 19.1 Å². The highest BCUT2D eigenvalue weighted by Crippen LogP contribution is 2.17. The van der Waals surface area contributed by atoms with Crippen molar-refractivity contribution in [3.05, 3.63) is 24.0 Å². The van der Waals surface area contributed by atoms with Gasteiger partial charge >= 0.3 is 5.97 Å². The zero-order valence-corrected chi connectivity index (χ0v) is 10.0. The summed E-state index contributed by atoms with van der Waals surface area (Å²) in [7, 11) is 1.74. The van der Waals surface area contributed by atoms with Gasteiger partial charge in [-0.2, -0.15) is 0 Å². The molecule has 16 heavy (non-hydrogen) atoms. The Morgan fingerprint density at radius 2 is 2.31 bits per heavy atom. The summed E-state index contributed by atoms with van der Waals surface area (Å²) < 4.78 is 19.7. The zero-order valence-electron chi connectivity index (χ0n) is 9.22. The Morgan fingerprint density at radius 3 is 2.75 bits per heavy atom. The third-order valence-corrected chi connectivity index (χ3v) is 2.15. The molecule has 0 saturated heterocycles. The standard InChI is InChI=1S/C10H15FN2O2.ClH/c1-3-15-10(14)8(11)9(12)7-5-4-6-13(7)2;/h4-6,8-9H,3,12H2,1-2H3;1H/t8?,9-;/m1./s1. The van der Waals surface area contributed by atoms with Crippen LogP contribution >= 0.6 is 12.4 Å². The highest BCUT2D eigenvalue weighted by atomic mass is 35.5. The van der Waals surface area contributed by atoms with Crippen molar-refractivity contribution in [2.24, 2.45) is 12.8 Å². The van der Waals surface area contributed by atoms with Crippen LogP contribution in [0.15, 0.2) is 18.3 Å². The summed E-state index contributed by atoms with van der Waals surface area (Å²) in [6, 6.07) is 2.44. The number of aryl methyl sites for hydroxylation is 1. The van der Waals surface area contributed by atoms with Gasteiger partial charge in [0.25, 0.3) is 0 Å². The first-order chi connectivity index (χ1) is 7.07. The van der Waals surface area contributed by atoms with Gasteiger partial charge in [-0.3, -0.25) is 0 Å². The lowest BCUT2D eigenvalue weighted by atomic mass is 10.1. The first-order valence-electron chi connectivity index (χ1n) is 4.75. The van der Waals surface area contributed by atoms with Gasteiger partial charge in [0.2, 0.25) is 6.17 Å². The van der Waals surface area contributed by atoms with Gasteiger partial charge < -0.3 is 15.0 Å². The average Bonchev–Trinajstić information content (AvgIpc) is 2.62. The van der Waals surface area contributed by atoms with Crippen molar-refractivity contribution in [1.29, 1.82) is 0 Å². The Labute approximate surface area is 100.0 Å². The molecule has 1 rings (SSSR count). The Bertz CT molecular complexity index is 343. The molecule has 2 N–H and O–H groups in total. The summed E-state index contributed by atoms with van der Waals surface area (Å²) in [5.41, 5.74) is 6.18. The predicted octanol–water partition coefficient (Wildman–Crippen LogP) is 1.35. The third kappa shape index (κ3) is 3.21. The molecule has 0 aromatic carbocycles. The van der Waals surface area contributed by atoms with E-state index in [9.17, 15) is 9.18 Å². The van der Waals surface area contributed by atoms with E-state index in [1.807, 2.05) is 0 Å². The van der Waals surface area contributed by atoms with Crippen LogP contribution < -0.4 is 5.73 Å². The Kier molecular flexibility index (Phi) is 6.06. The van der Waals surface area contributed by atoms with E-state index in [0.717, 1.165) is 0 Å². The molecule has 1 aromatic rings. The summed E-state index contributed by atoms with van der Waals surface area (Å²) in [5, 5.41) is 0. The van der Waals surface area contributed by atoms with Crippen molar-refractivity contribution in [2.45, 2.75) is 19.1 Å². The highest BCUT2D eigenvalue weighted by Gasteiger charge is 2.28. The molecule has 2 atom stereocenters. The molecule has 0 aliphatic rings. The van der Waals surface area contributed by atoms with Crippen molar-refractivity contribution in [2.75, 3.05) is 6.61 Å². The Balaban J connectivity index is 0.00000225. The van der Waals surface area contributed by atoms with Gasteiger partial charge in [0.1, 0.15) is 0 Å². The highest BCUT2D eigenvalue weighted by molar-refractivity contribution is 5.85. The van der Waals surface area contributed by atoms with Gasteiger partial charge in [0.05, 0.1) is 12.6 Å². The van der Waals surface area contributed by atoms with E-state index in [1.165, 1.54) is 0 Å². The summed E-state index contributed by atoms with van der Waals surface area (Å²) >= 11 is 0. The molecule has 1 aromatic heterocycles. The van der Waals surface area contributed by atoms with Gasteiger partial charge in [0, 0.05) is 18.9 Å². The summed E-state index contributed by atoms with van der Waals surface area (Å²) in [6.07, 6.45) is -0.0777. The van der Waals surface area contributed by atoms with E-state index in [4.69, 9.17) is 5.73 Å². The molecule has 4 nitrogen and oxygen atoms in total. The molecule has 0 aliphatic heterocycles. The number of esters is 1. The number of carbonyl (C=O) groups excluding carboxylic acids is 1. The average molecular weight is 251 g/mol. The fraction of sp³-hybridized carbons (Fsp3) is 0.500. The fourth-order valence-corrected chi connectivity index (χ4v) is 1.34. The maximum absolute atomic E-state index is 13.5. The topological polar surface area (TPSA) is 57.2 Å². The molecule has 0 spiro atoms. The number of rotatable bonds is 4. The Hall–Kier alpha value is -1.07. The minimum absolute atomic E-state index is 0. The van der Waals surface area contributed by atoms with Crippen LogP contribution in [-0.2, 0) is 16.6 Å². The maximum atomic E-state index is 13.5. The second kappa shape index (κ2) is 6.50. The van der Waals surface area contributed by atoms with Crippen LogP contribution in [0.1, 0.15) is 18.7 Å².